The molecule has 1 heterocycles. The van der Waals surface area contributed by atoms with Gasteiger partial charge in [-0.3, -0.25) is 4.79 Å². The molecule has 0 radical (unpaired) electrons. The molecule has 1 aromatic rings. The third-order valence-electron chi connectivity index (χ3n) is 3.18. The summed E-state index contributed by atoms with van der Waals surface area (Å²) >= 11 is 5.87. The monoisotopic (exact) mass is 252 g/mol. The van der Waals surface area contributed by atoms with Crippen LogP contribution in [0.4, 0.5) is 0 Å². The average molecular weight is 253 g/mol. The standard InChI is InChI=1S/C13H17ClN2O/c1-9(15)13(17)16-8-2-3-12(16)10-4-6-11(14)7-5-10/h4-7,9,12H,2-3,8,15H2,1H3/t9-,12?/m0/s1. The van der Waals surface area contributed by atoms with Gasteiger partial charge in [0, 0.05) is 11.6 Å². The van der Waals surface area contributed by atoms with E-state index in [1.165, 1.54) is 0 Å². The number of carbonyl (C=O) groups is 1. The molecule has 1 saturated heterocycles. The summed E-state index contributed by atoms with van der Waals surface area (Å²) in [4.78, 5) is 13.9. The number of likely N-dealkylation sites (tertiary alicyclic amines) is 1. The second-order valence-electron chi connectivity index (χ2n) is 4.53. The number of hydrogen-bond donors (Lipinski definition) is 1. The predicted molar refractivity (Wildman–Crippen MR) is 68.8 cm³/mol. The molecule has 4 heteroatoms. The molecule has 1 aromatic carbocycles. The highest BCUT2D eigenvalue weighted by atomic mass is 35.5. The molecule has 1 aliphatic heterocycles. The van der Waals surface area contributed by atoms with Crippen LogP contribution < -0.4 is 5.73 Å². The fourth-order valence-corrected chi connectivity index (χ4v) is 2.45. The van der Waals surface area contributed by atoms with Crippen LogP contribution in [0, 0.1) is 0 Å². The Morgan fingerprint density at radius 2 is 2.12 bits per heavy atom. The Morgan fingerprint density at radius 1 is 1.47 bits per heavy atom. The Balaban J connectivity index is 2.20. The minimum absolute atomic E-state index is 0.0300. The average Bonchev–Trinajstić information content (AvgIpc) is 2.77. The lowest BCUT2D eigenvalue weighted by molar-refractivity contribution is -0.133. The van der Waals surface area contributed by atoms with E-state index in [1.54, 1.807) is 6.92 Å². The van der Waals surface area contributed by atoms with Crippen LogP contribution in [-0.4, -0.2) is 23.4 Å². The van der Waals surface area contributed by atoms with Gasteiger partial charge in [-0.15, -0.1) is 0 Å². The van der Waals surface area contributed by atoms with Crippen LogP contribution in [-0.2, 0) is 4.79 Å². The lowest BCUT2D eigenvalue weighted by atomic mass is 10.0. The first-order chi connectivity index (χ1) is 8.09. The van der Waals surface area contributed by atoms with Gasteiger partial charge in [0.05, 0.1) is 12.1 Å². The fraction of sp³-hybridized carbons (Fsp3) is 0.462. The summed E-state index contributed by atoms with van der Waals surface area (Å²) in [5.41, 5.74) is 6.81. The topological polar surface area (TPSA) is 46.3 Å². The van der Waals surface area contributed by atoms with Crippen molar-refractivity contribution in [3.8, 4) is 0 Å². The van der Waals surface area contributed by atoms with Crippen molar-refractivity contribution in [3.05, 3.63) is 34.9 Å². The van der Waals surface area contributed by atoms with E-state index >= 15 is 0 Å². The zero-order valence-electron chi connectivity index (χ0n) is 9.90. The number of nitrogens with zero attached hydrogens (tertiary/aromatic N) is 1. The van der Waals surface area contributed by atoms with Crippen molar-refractivity contribution in [2.24, 2.45) is 5.73 Å². The van der Waals surface area contributed by atoms with Gasteiger partial charge in [0.15, 0.2) is 0 Å². The summed E-state index contributed by atoms with van der Waals surface area (Å²) in [6, 6.07) is 7.43. The molecule has 0 aliphatic carbocycles. The molecule has 0 aromatic heterocycles. The Labute approximate surface area is 107 Å². The van der Waals surface area contributed by atoms with Gasteiger partial charge in [0.25, 0.3) is 0 Å². The van der Waals surface area contributed by atoms with Crippen LogP contribution in [0.2, 0.25) is 5.02 Å². The number of benzene rings is 1. The molecular weight excluding hydrogens is 236 g/mol. The molecule has 2 atom stereocenters. The zero-order chi connectivity index (χ0) is 12.4. The smallest absolute Gasteiger partial charge is 0.239 e. The Kier molecular flexibility index (Phi) is 3.69. The molecule has 0 saturated carbocycles. The number of hydrogen-bond acceptors (Lipinski definition) is 2. The molecule has 2 rings (SSSR count). The lowest BCUT2D eigenvalue weighted by Gasteiger charge is -2.26. The van der Waals surface area contributed by atoms with E-state index in [-0.39, 0.29) is 11.9 Å². The van der Waals surface area contributed by atoms with E-state index in [0.717, 1.165) is 30.0 Å². The van der Waals surface area contributed by atoms with Gasteiger partial charge in [-0.25, -0.2) is 0 Å². The number of carbonyl (C=O) groups excluding carboxylic acids is 1. The summed E-state index contributed by atoms with van der Waals surface area (Å²) in [5, 5.41) is 0.719. The number of nitrogens with two attached hydrogens (primary N) is 1. The van der Waals surface area contributed by atoms with Gasteiger partial charge < -0.3 is 10.6 Å². The first-order valence-electron chi connectivity index (χ1n) is 5.91. The molecule has 92 valence electrons. The van der Waals surface area contributed by atoms with E-state index in [1.807, 2.05) is 29.2 Å². The first kappa shape index (κ1) is 12.4. The Hall–Kier alpha value is -1.06. The van der Waals surface area contributed by atoms with Crippen LogP contribution in [0.3, 0.4) is 0 Å². The summed E-state index contributed by atoms with van der Waals surface area (Å²) in [7, 11) is 0. The largest absolute Gasteiger partial charge is 0.334 e. The van der Waals surface area contributed by atoms with Crippen LogP contribution in [0.15, 0.2) is 24.3 Å². The quantitative estimate of drug-likeness (QED) is 0.878. The second kappa shape index (κ2) is 5.07. The van der Waals surface area contributed by atoms with Gasteiger partial charge in [-0.05, 0) is 37.5 Å². The van der Waals surface area contributed by atoms with Gasteiger partial charge in [-0.2, -0.15) is 0 Å². The Bertz CT molecular complexity index is 402. The molecule has 17 heavy (non-hydrogen) atoms. The fourth-order valence-electron chi connectivity index (χ4n) is 2.32. The minimum atomic E-state index is -0.428. The SMILES string of the molecule is C[C@H](N)C(=O)N1CCCC1c1ccc(Cl)cc1. The summed E-state index contributed by atoms with van der Waals surface area (Å²) in [5.74, 6) is 0.0300. The van der Waals surface area contributed by atoms with E-state index in [9.17, 15) is 4.79 Å². The van der Waals surface area contributed by atoms with Gasteiger partial charge in [0.2, 0.25) is 5.91 Å². The highest BCUT2D eigenvalue weighted by Crippen LogP contribution is 2.32. The first-order valence-corrected chi connectivity index (χ1v) is 6.29. The molecule has 0 spiro atoms. The third kappa shape index (κ3) is 2.61. The van der Waals surface area contributed by atoms with Crippen molar-refractivity contribution in [1.29, 1.82) is 0 Å². The molecular formula is C13H17ClN2O. The number of rotatable bonds is 2. The van der Waals surface area contributed by atoms with Gasteiger partial charge in [0.1, 0.15) is 0 Å². The normalized spacial score (nSPS) is 21.6. The maximum Gasteiger partial charge on any atom is 0.239 e. The van der Waals surface area contributed by atoms with Crippen LogP contribution in [0.1, 0.15) is 31.4 Å². The Morgan fingerprint density at radius 3 is 2.71 bits per heavy atom. The van der Waals surface area contributed by atoms with Crippen molar-refractivity contribution in [3.63, 3.8) is 0 Å². The molecule has 3 nitrogen and oxygen atoms in total. The van der Waals surface area contributed by atoms with E-state index < -0.39 is 6.04 Å². The summed E-state index contributed by atoms with van der Waals surface area (Å²) in [6.07, 6.45) is 2.03. The molecule has 1 unspecified atom stereocenters. The van der Waals surface area contributed by atoms with E-state index in [4.69, 9.17) is 17.3 Å². The number of halogens is 1. The van der Waals surface area contributed by atoms with Crippen molar-refractivity contribution < 1.29 is 4.79 Å². The second-order valence-corrected chi connectivity index (χ2v) is 4.97. The maximum atomic E-state index is 12.0. The van der Waals surface area contributed by atoms with E-state index in [0.29, 0.717) is 0 Å². The van der Waals surface area contributed by atoms with Crippen molar-refractivity contribution in [1.82, 2.24) is 4.90 Å². The van der Waals surface area contributed by atoms with Gasteiger partial charge >= 0.3 is 0 Å². The predicted octanol–water partition coefficient (Wildman–Crippen LogP) is 2.35. The molecule has 1 fully saturated rings. The molecule has 2 N–H and O–H groups in total. The van der Waals surface area contributed by atoms with Crippen molar-refractivity contribution >= 4 is 17.5 Å². The third-order valence-corrected chi connectivity index (χ3v) is 3.43. The zero-order valence-corrected chi connectivity index (χ0v) is 10.7. The van der Waals surface area contributed by atoms with Gasteiger partial charge in [-0.1, -0.05) is 23.7 Å². The highest BCUT2D eigenvalue weighted by molar-refractivity contribution is 6.30. The van der Waals surface area contributed by atoms with Crippen molar-refractivity contribution in [2.45, 2.75) is 31.8 Å². The minimum Gasteiger partial charge on any atom is -0.334 e. The highest BCUT2D eigenvalue weighted by Gasteiger charge is 2.31. The molecule has 0 bridgehead atoms. The van der Waals surface area contributed by atoms with E-state index in [2.05, 4.69) is 0 Å². The number of amides is 1. The molecule has 1 aliphatic rings. The van der Waals surface area contributed by atoms with Crippen LogP contribution in [0.5, 0.6) is 0 Å². The lowest BCUT2D eigenvalue weighted by Crippen LogP contribution is -2.41. The maximum absolute atomic E-state index is 12.0. The van der Waals surface area contributed by atoms with Crippen LogP contribution in [0.25, 0.3) is 0 Å². The van der Waals surface area contributed by atoms with Crippen molar-refractivity contribution in [2.75, 3.05) is 6.54 Å². The summed E-state index contributed by atoms with van der Waals surface area (Å²) in [6.45, 7) is 2.53. The summed E-state index contributed by atoms with van der Waals surface area (Å²) < 4.78 is 0. The molecule has 1 amide bonds. The van der Waals surface area contributed by atoms with Crippen LogP contribution >= 0.6 is 11.6 Å².